The van der Waals surface area contributed by atoms with Crippen molar-refractivity contribution in [1.82, 2.24) is 5.32 Å². The van der Waals surface area contributed by atoms with Crippen LogP contribution in [0.5, 0.6) is 0 Å². The van der Waals surface area contributed by atoms with Gasteiger partial charge in [-0.1, -0.05) is 30.3 Å². The molecule has 1 aliphatic rings. The van der Waals surface area contributed by atoms with E-state index in [-0.39, 0.29) is 36.4 Å². The minimum absolute atomic E-state index is 0.0127. The standard InChI is InChI=1S/C22H23N5O4/c1-14(28)19-13-18(26-27(19)15-7-3-2-4-8-15)22(31)25-17-10-6-5-9-16(17)21(30)24-12-11-20(23)29/h2-10,19H,11-13H2,1H3,(H2,23,29)(H,24,30)(H,25,31). The summed E-state index contributed by atoms with van der Waals surface area (Å²) in [4.78, 5) is 48.3. The third kappa shape index (κ3) is 5.33. The zero-order chi connectivity index (χ0) is 22.4. The molecule has 4 N–H and O–H groups in total. The summed E-state index contributed by atoms with van der Waals surface area (Å²) in [6, 6.07) is 15.0. The summed E-state index contributed by atoms with van der Waals surface area (Å²) in [6.07, 6.45) is 0.169. The Morgan fingerprint density at radius 2 is 1.71 bits per heavy atom. The molecule has 160 valence electrons. The zero-order valence-corrected chi connectivity index (χ0v) is 17.0. The molecule has 31 heavy (non-hydrogen) atoms. The van der Waals surface area contributed by atoms with Crippen molar-refractivity contribution in [1.29, 1.82) is 0 Å². The molecule has 0 aromatic heterocycles. The van der Waals surface area contributed by atoms with Crippen molar-refractivity contribution < 1.29 is 19.2 Å². The van der Waals surface area contributed by atoms with Crippen molar-refractivity contribution in [3.63, 3.8) is 0 Å². The Hall–Kier alpha value is -4.01. The molecule has 0 aliphatic carbocycles. The molecule has 1 unspecified atom stereocenters. The number of Topliss-reactive ketones (excluding diaryl/α,β-unsaturated/α-hetero) is 1. The van der Waals surface area contributed by atoms with E-state index >= 15 is 0 Å². The first-order chi connectivity index (χ1) is 14.9. The van der Waals surface area contributed by atoms with Crippen LogP contribution in [-0.2, 0) is 14.4 Å². The van der Waals surface area contributed by atoms with Gasteiger partial charge in [-0.2, -0.15) is 5.10 Å². The summed E-state index contributed by atoms with van der Waals surface area (Å²) in [5, 5.41) is 11.2. The first-order valence-electron chi connectivity index (χ1n) is 9.76. The number of hydrazone groups is 1. The van der Waals surface area contributed by atoms with E-state index in [9.17, 15) is 19.2 Å². The lowest BCUT2D eigenvalue weighted by Crippen LogP contribution is -2.33. The van der Waals surface area contributed by atoms with E-state index in [1.54, 1.807) is 29.3 Å². The Balaban J connectivity index is 1.76. The second-order valence-electron chi connectivity index (χ2n) is 7.03. The van der Waals surface area contributed by atoms with Gasteiger partial charge in [0.15, 0.2) is 5.78 Å². The van der Waals surface area contributed by atoms with Crippen molar-refractivity contribution in [2.24, 2.45) is 10.8 Å². The Bertz CT molecular complexity index is 1040. The molecule has 2 aromatic carbocycles. The fourth-order valence-corrected chi connectivity index (χ4v) is 3.16. The Labute approximate surface area is 179 Å². The van der Waals surface area contributed by atoms with Crippen molar-refractivity contribution in [2.45, 2.75) is 25.8 Å². The maximum absolute atomic E-state index is 12.9. The molecule has 0 saturated carbocycles. The number of carbonyl (C=O) groups excluding carboxylic acids is 4. The first-order valence-corrected chi connectivity index (χ1v) is 9.76. The van der Waals surface area contributed by atoms with Crippen molar-refractivity contribution in [3.8, 4) is 0 Å². The van der Waals surface area contributed by atoms with Crippen LogP contribution in [-0.4, -0.2) is 41.8 Å². The molecule has 3 rings (SSSR count). The maximum atomic E-state index is 12.9. The van der Waals surface area contributed by atoms with Gasteiger partial charge in [-0.3, -0.25) is 24.2 Å². The fraction of sp³-hybridized carbons (Fsp3) is 0.227. The van der Waals surface area contributed by atoms with E-state index in [0.29, 0.717) is 11.4 Å². The average molecular weight is 421 g/mol. The Morgan fingerprint density at radius 3 is 2.39 bits per heavy atom. The molecule has 0 fully saturated rings. The number of carbonyl (C=O) groups is 4. The van der Waals surface area contributed by atoms with Crippen LogP contribution in [0.3, 0.4) is 0 Å². The summed E-state index contributed by atoms with van der Waals surface area (Å²) >= 11 is 0. The average Bonchev–Trinajstić information content (AvgIpc) is 3.20. The van der Waals surface area contributed by atoms with E-state index in [2.05, 4.69) is 15.7 Å². The number of anilines is 2. The largest absolute Gasteiger partial charge is 0.370 e. The highest BCUT2D eigenvalue weighted by atomic mass is 16.2. The SMILES string of the molecule is CC(=O)C1CC(C(=O)Nc2ccccc2C(=O)NCCC(N)=O)=NN1c1ccccc1. The molecule has 2 aromatic rings. The lowest BCUT2D eigenvalue weighted by atomic mass is 10.1. The van der Waals surface area contributed by atoms with E-state index in [1.807, 2.05) is 30.3 Å². The van der Waals surface area contributed by atoms with E-state index in [1.165, 1.54) is 6.92 Å². The summed E-state index contributed by atoms with van der Waals surface area (Å²) < 4.78 is 0. The minimum atomic E-state index is -0.574. The van der Waals surface area contributed by atoms with Crippen LogP contribution >= 0.6 is 0 Å². The first kappa shape index (κ1) is 21.7. The summed E-state index contributed by atoms with van der Waals surface area (Å²) in [7, 11) is 0. The van der Waals surface area contributed by atoms with Gasteiger partial charge in [0.2, 0.25) is 5.91 Å². The maximum Gasteiger partial charge on any atom is 0.271 e. The lowest BCUT2D eigenvalue weighted by Gasteiger charge is -2.20. The number of primary amides is 1. The van der Waals surface area contributed by atoms with Crippen LogP contribution in [0, 0.1) is 0 Å². The molecule has 1 heterocycles. The molecule has 9 heteroatoms. The van der Waals surface area contributed by atoms with Crippen molar-refractivity contribution >= 4 is 40.6 Å². The number of para-hydroxylation sites is 2. The highest BCUT2D eigenvalue weighted by molar-refractivity contribution is 6.44. The van der Waals surface area contributed by atoms with Gasteiger partial charge in [-0.05, 0) is 31.2 Å². The van der Waals surface area contributed by atoms with E-state index < -0.39 is 23.8 Å². The molecule has 1 aliphatic heterocycles. The number of hydrogen-bond acceptors (Lipinski definition) is 6. The molecule has 0 bridgehead atoms. The summed E-state index contributed by atoms with van der Waals surface area (Å²) in [6.45, 7) is 1.55. The van der Waals surface area contributed by atoms with Gasteiger partial charge in [0.25, 0.3) is 11.8 Å². The minimum Gasteiger partial charge on any atom is -0.370 e. The zero-order valence-electron chi connectivity index (χ0n) is 17.0. The molecule has 0 saturated heterocycles. The van der Waals surface area contributed by atoms with E-state index in [4.69, 9.17) is 5.73 Å². The Morgan fingerprint density at radius 1 is 1.03 bits per heavy atom. The predicted molar refractivity (Wildman–Crippen MR) is 117 cm³/mol. The highest BCUT2D eigenvalue weighted by Crippen LogP contribution is 2.25. The number of amides is 3. The lowest BCUT2D eigenvalue weighted by molar-refractivity contribution is -0.118. The van der Waals surface area contributed by atoms with Gasteiger partial charge in [0.1, 0.15) is 11.8 Å². The number of rotatable bonds is 8. The number of benzene rings is 2. The van der Waals surface area contributed by atoms with Gasteiger partial charge >= 0.3 is 0 Å². The van der Waals surface area contributed by atoms with Crippen LogP contribution in [0.1, 0.15) is 30.1 Å². The summed E-state index contributed by atoms with van der Waals surface area (Å²) in [5.41, 5.74) is 6.51. The number of ketones is 1. The molecule has 0 spiro atoms. The highest BCUT2D eigenvalue weighted by Gasteiger charge is 2.34. The third-order valence-corrected chi connectivity index (χ3v) is 4.74. The number of nitrogens with zero attached hydrogens (tertiary/aromatic N) is 2. The van der Waals surface area contributed by atoms with E-state index in [0.717, 1.165) is 0 Å². The number of nitrogens with one attached hydrogen (secondary N) is 2. The van der Waals surface area contributed by atoms with Crippen LogP contribution in [0.4, 0.5) is 11.4 Å². The normalized spacial score (nSPS) is 15.2. The Kier molecular flexibility index (Phi) is 6.76. The van der Waals surface area contributed by atoms with Crippen molar-refractivity contribution in [2.75, 3.05) is 16.9 Å². The van der Waals surface area contributed by atoms with Crippen LogP contribution < -0.4 is 21.4 Å². The molecule has 0 radical (unpaired) electrons. The third-order valence-electron chi connectivity index (χ3n) is 4.74. The number of nitrogens with two attached hydrogens (primary N) is 1. The van der Waals surface area contributed by atoms with Gasteiger partial charge < -0.3 is 16.4 Å². The van der Waals surface area contributed by atoms with Crippen LogP contribution in [0.15, 0.2) is 59.7 Å². The van der Waals surface area contributed by atoms with Gasteiger partial charge in [0.05, 0.1) is 16.9 Å². The quantitative estimate of drug-likeness (QED) is 0.593. The summed E-state index contributed by atoms with van der Waals surface area (Å²) in [5.74, 6) is -1.58. The molecular formula is C22H23N5O4. The predicted octanol–water partition coefficient (Wildman–Crippen LogP) is 1.45. The van der Waals surface area contributed by atoms with Crippen LogP contribution in [0.2, 0.25) is 0 Å². The smallest absolute Gasteiger partial charge is 0.271 e. The second-order valence-corrected chi connectivity index (χ2v) is 7.03. The molecule has 1 atom stereocenters. The monoisotopic (exact) mass is 421 g/mol. The fourth-order valence-electron chi connectivity index (χ4n) is 3.16. The van der Waals surface area contributed by atoms with Crippen molar-refractivity contribution in [3.05, 3.63) is 60.2 Å². The molecular weight excluding hydrogens is 398 g/mol. The topological polar surface area (TPSA) is 134 Å². The molecule has 9 nitrogen and oxygen atoms in total. The van der Waals surface area contributed by atoms with Gasteiger partial charge in [-0.15, -0.1) is 0 Å². The molecule has 3 amide bonds. The number of hydrogen-bond donors (Lipinski definition) is 3. The van der Waals surface area contributed by atoms with Gasteiger partial charge in [0, 0.05) is 19.4 Å². The van der Waals surface area contributed by atoms with Gasteiger partial charge in [-0.25, -0.2) is 0 Å². The van der Waals surface area contributed by atoms with Crippen LogP contribution in [0.25, 0.3) is 0 Å². The second kappa shape index (κ2) is 9.66.